The third kappa shape index (κ3) is 4.51. The molecule has 3 N–H and O–H groups in total. The molecule has 37 heavy (non-hydrogen) atoms. The van der Waals surface area contributed by atoms with E-state index in [9.17, 15) is 19.5 Å². The van der Waals surface area contributed by atoms with Gasteiger partial charge in [0.2, 0.25) is 17.9 Å². The summed E-state index contributed by atoms with van der Waals surface area (Å²) in [6.45, 7) is 4.13. The van der Waals surface area contributed by atoms with Gasteiger partial charge in [-0.1, -0.05) is 11.2 Å². The number of nitrogens with two attached hydrogens (primary N) is 1. The first-order valence-corrected chi connectivity index (χ1v) is 13.1. The summed E-state index contributed by atoms with van der Waals surface area (Å²) in [6.07, 6.45) is 3.78. The molecule has 0 saturated carbocycles. The van der Waals surface area contributed by atoms with Gasteiger partial charge in [0.1, 0.15) is 36.5 Å². The van der Waals surface area contributed by atoms with Crippen molar-refractivity contribution in [3.8, 4) is 0 Å². The first-order valence-electron chi connectivity index (χ1n) is 11.2. The van der Waals surface area contributed by atoms with Crippen LogP contribution in [0.5, 0.6) is 0 Å². The van der Waals surface area contributed by atoms with Gasteiger partial charge < -0.3 is 25.8 Å². The van der Waals surface area contributed by atoms with Crippen molar-refractivity contribution in [3.05, 3.63) is 53.5 Å². The lowest BCUT2D eigenvalue weighted by molar-refractivity contribution is -0.520. The van der Waals surface area contributed by atoms with Crippen LogP contribution in [0, 0.1) is 6.92 Å². The number of carboxylic acid groups (broad SMARTS) is 1. The zero-order chi connectivity index (χ0) is 26.3. The number of oxime groups is 1. The van der Waals surface area contributed by atoms with Gasteiger partial charge in [-0.25, -0.2) is 4.57 Å². The second-order valence-corrected chi connectivity index (χ2v) is 10.2. The summed E-state index contributed by atoms with van der Waals surface area (Å²) in [5.41, 5.74) is 7.75. The molecule has 1 fully saturated rings. The second kappa shape index (κ2) is 9.82. The second-order valence-electron chi connectivity index (χ2n) is 8.29. The summed E-state index contributed by atoms with van der Waals surface area (Å²) in [5.74, 6) is -2.43. The number of hydrogen-bond donors (Lipinski definition) is 2. The highest BCUT2D eigenvalue weighted by molar-refractivity contribution is 8.00. The first kappa shape index (κ1) is 24.7. The van der Waals surface area contributed by atoms with Crippen LogP contribution in [0.3, 0.4) is 0 Å². The largest absolute Gasteiger partial charge is 0.543 e. The normalized spacial score (nSPS) is 19.6. The number of amides is 2. The summed E-state index contributed by atoms with van der Waals surface area (Å²) in [6, 6.07) is 4.90. The fourth-order valence-corrected chi connectivity index (χ4v) is 5.99. The molecule has 0 bridgehead atoms. The molecule has 0 spiro atoms. The summed E-state index contributed by atoms with van der Waals surface area (Å²) >= 11 is 2.24. The fourth-order valence-electron chi connectivity index (χ4n) is 4.22. The number of nitrogen functional groups attached to an aromatic ring is 1. The van der Waals surface area contributed by atoms with Gasteiger partial charge in [0.05, 0.1) is 11.7 Å². The Kier molecular flexibility index (Phi) is 6.55. The Morgan fingerprint density at radius 3 is 2.89 bits per heavy atom. The number of aromatic nitrogens is 4. The van der Waals surface area contributed by atoms with Crippen molar-refractivity contribution in [1.82, 2.24) is 24.1 Å². The number of carbonyl (C=O) groups excluding carboxylic acids is 3. The van der Waals surface area contributed by atoms with E-state index in [1.165, 1.54) is 16.7 Å². The van der Waals surface area contributed by atoms with Crippen LogP contribution >= 0.6 is 23.3 Å². The Morgan fingerprint density at radius 1 is 1.41 bits per heavy atom. The minimum atomic E-state index is -1.44. The minimum Gasteiger partial charge on any atom is -0.543 e. The van der Waals surface area contributed by atoms with Gasteiger partial charge in [0.15, 0.2) is 10.6 Å². The molecule has 1 saturated heterocycles. The molecule has 5 heterocycles. The molecule has 2 amide bonds. The molecule has 0 unspecified atom stereocenters. The Labute approximate surface area is 218 Å². The smallest absolute Gasteiger partial charge is 0.278 e. The molecule has 0 radical (unpaired) electrons. The van der Waals surface area contributed by atoms with Gasteiger partial charge in [-0.15, -0.1) is 11.8 Å². The predicted molar refractivity (Wildman–Crippen MR) is 132 cm³/mol. The zero-order valence-electron chi connectivity index (χ0n) is 19.8. The number of fused-ring (bicyclic) bond motifs is 2. The number of nitrogens with one attached hydrogen (secondary N) is 1. The van der Waals surface area contributed by atoms with Crippen molar-refractivity contribution in [2.45, 2.75) is 31.8 Å². The molecule has 13 nitrogen and oxygen atoms in total. The zero-order valence-corrected chi connectivity index (χ0v) is 21.4. The standard InChI is InChI=1S/C22H22N8O5S2/c1-3-35-26-14(17-25-22(23)37-27-17)18(31)24-15-19(32)30-16(21(33)34)12(9-36-20(15)30)7-28-8-13-6-4-5-11(2)29(13)10-28/h4-6,8,10,15,20H,3,7,9H2,1-2H3,(H3-,23,24,25,27,31,33,34)/b26-14-/t15-,20+/m1/s1. The van der Waals surface area contributed by atoms with Gasteiger partial charge >= 0.3 is 0 Å². The van der Waals surface area contributed by atoms with Crippen LogP contribution in [-0.4, -0.2) is 66.1 Å². The number of hydrogen-bond acceptors (Lipinski definition) is 11. The van der Waals surface area contributed by atoms with Crippen LogP contribution in [0.2, 0.25) is 0 Å². The van der Waals surface area contributed by atoms with Crippen molar-refractivity contribution in [3.63, 3.8) is 0 Å². The van der Waals surface area contributed by atoms with Crippen molar-refractivity contribution in [1.29, 1.82) is 0 Å². The van der Waals surface area contributed by atoms with Crippen LogP contribution in [0.1, 0.15) is 18.4 Å². The van der Waals surface area contributed by atoms with Crippen LogP contribution in [0.4, 0.5) is 5.13 Å². The van der Waals surface area contributed by atoms with E-state index in [2.05, 4.69) is 19.8 Å². The lowest BCUT2D eigenvalue weighted by Crippen LogP contribution is -2.71. The molecule has 2 aliphatic heterocycles. The highest BCUT2D eigenvalue weighted by atomic mass is 32.2. The van der Waals surface area contributed by atoms with Gasteiger partial charge in [-0.3, -0.25) is 14.5 Å². The maximum absolute atomic E-state index is 13.0. The van der Waals surface area contributed by atoms with Crippen LogP contribution in [0.25, 0.3) is 5.52 Å². The Bertz CT molecular complexity index is 1480. The maximum atomic E-state index is 13.0. The molecule has 15 heteroatoms. The topological polar surface area (TPSA) is 172 Å². The number of aryl methyl sites for hydroxylation is 1. The van der Waals surface area contributed by atoms with Crippen molar-refractivity contribution in [2.24, 2.45) is 5.16 Å². The van der Waals surface area contributed by atoms with E-state index in [4.69, 9.17) is 10.6 Å². The van der Waals surface area contributed by atoms with Crippen LogP contribution < -0.4 is 20.6 Å². The Morgan fingerprint density at radius 2 is 2.22 bits per heavy atom. The maximum Gasteiger partial charge on any atom is 0.278 e. The minimum absolute atomic E-state index is 0.0294. The van der Waals surface area contributed by atoms with E-state index in [0.717, 1.165) is 22.7 Å². The van der Waals surface area contributed by atoms with E-state index >= 15 is 0 Å². The third-order valence-electron chi connectivity index (χ3n) is 5.88. The van der Waals surface area contributed by atoms with Gasteiger partial charge in [-0.2, -0.15) is 13.8 Å². The van der Waals surface area contributed by atoms with E-state index in [1.54, 1.807) is 6.92 Å². The highest BCUT2D eigenvalue weighted by Gasteiger charge is 2.53. The number of thioether (sulfide) groups is 1. The molecule has 5 rings (SSSR count). The van der Waals surface area contributed by atoms with Crippen LogP contribution in [-0.2, 0) is 25.8 Å². The predicted octanol–water partition coefficient (Wildman–Crippen LogP) is -1.19. The van der Waals surface area contributed by atoms with Crippen molar-refractivity contribution >= 4 is 57.4 Å². The summed E-state index contributed by atoms with van der Waals surface area (Å²) in [7, 11) is 0. The van der Waals surface area contributed by atoms with Gasteiger partial charge in [0, 0.05) is 22.9 Å². The van der Waals surface area contributed by atoms with E-state index in [1.807, 2.05) is 46.6 Å². The molecule has 0 aromatic carbocycles. The average Bonchev–Trinajstić information content (AvgIpc) is 3.49. The summed E-state index contributed by atoms with van der Waals surface area (Å²) in [5, 5.41) is 18.0. The number of aliphatic carboxylic acids is 1. The number of pyridine rings is 1. The third-order valence-corrected chi connectivity index (χ3v) is 7.76. The number of nitrogens with zero attached hydrogens (tertiary/aromatic N) is 6. The summed E-state index contributed by atoms with van der Waals surface area (Å²) in [4.78, 5) is 48.3. The Balaban J connectivity index is 1.36. The molecule has 2 atom stereocenters. The average molecular weight is 543 g/mol. The number of carbonyl (C=O) groups is 3. The Hall–Kier alpha value is -3.98. The molecule has 3 aromatic heterocycles. The lowest BCUT2D eigenvalue weighted by atomic mass is 10.0. The molecular weight excluding hydrogens is 520 g/mol. The molecule has 0 aliphatic carbocycles. The fraction of sp³-hybridized carbons (Fsp3) is 0.318. The number of anilines is 1. The molecular formula is C22H22N8O5S2. The van der Waals surface area contributed by atoms with E-state index < -0.39 is 29.2 Å². The monoisotopic (exact) mass is 542 g/mol. The number of β-lactam (4-membered cyclic amide) rings is 1. The number of imidazole rings is 1. The van der Waals surface area contributed by atoms with Crippen LogP contribution in [0.15, 0.2) is 47.1 Å². The molecule has 3 aromatic rings. The van der Waals surface area contributed by atoms with Gasteiger partial charge in [0.25, 0.3) is 11.8 Å². The molecule has 2 aliphatic rings. The quantitative estimate of drug-likeness (QED) is 0.154. The first-order chi connectivity index (χ1) is 17.8. The van der Waals surface area contributed by atoms with E-state index in [0.29, 0.717) is 11.3 Å². The number of rotatable bonds is 8. The SMILES string of the molecule is CCO/N=C(\C(=O)N[C@@H]1C(=O)N2C(C(=O)[O-])=C(Cn3cc4cccc(C)[n+]4c3)CS[C@@H]12)c1nsc(N)n1. The van der Waals surface area contributed by atoms with Crippen molar-refractivity contribution in [2.75, 3.05) is 18.1 Å². The highest BCUT2D eigenvalue weighted by Crippen LogP contribution is 2.40. The molecule has 192 valence electrons. The van der Waals surface area contributed by atoms with Gasteiger partial charge in [-0.05, 0) is 26.0 Å². The number of carboxylic acids is 1. The van der Waals surface area contributed by atoms with Crippen molar-refractivity contribution < 1.29 is 28.7 Å². The summed E-state index contributed by atoms with van der Waals surface area (Å²) < 4.78 is 7.84. The lowest BCUT2D eigenvalue weighted by Gasteiger charge is -2.50. The van der Waals surface area contributed by atoms with E-state index in [-0.39, 0.29) is 35.5 Å².